The van der Waals surface area contributed by atoms with Gasteiger partial charge in [-0.15, -0.1) is 0 Å². The summed E-state index contributed by atoms with van der Waals surface area (Å²) in [7, 11) is 0. The molecule has 1 fully saturated rings. The molecule has 178 valence electrons. The second kappa shape index (κ2) is 9.94. The lowest BCUT2D eigenvalue weighted by atomic mass is 10.1. The minimum absolute atomic E-state index is 0.0580. The second-order valence-electron chi connectivity index (χ2n) is 8.06. The maximum Gasteiger partial charge on any atom is 0.339 e. The Balaban J connectivity index is 1.52. The van der Waals surface area contributed by atoms with E-state index in [-0.39, 0.29) is 22.0 Å². The number of aromatic nitrogens is 1. The quantitative estimate of drug-likeness (QED) is 0.229. The van der Waals surface area contributed by atoms with E-state index in [1.54, 1.807) is 18.2 Å². The number of aryl methyl sites for hydroxylation is 1. The van der Waals surface area contributed by atoms with Crippen LogP contribution in [0.3, 0.4) is 0 Å². The third kappa shape index (κ3) is 5.15. The van der Waals surface area contributed by atoms with Gasteiger partial charge in [0.2, 0.25) is 0 Å². The molecule has 0 radical (unpaired) electrons. The number of nitrogens with zero attached hydrogens (tertiary/aromatic N) is 1. The van der Waals surface area contributed by atoms with E-state index in [0.29, 0.717) is 29.9 Å². The summed E-state index contributed by atoms with van der Waals surface area (Å²) >= 11 is 5.24. The normalized spacial score (nSPS) is 14.9. The molecule has 1 aromatic heterocycles. The number of hydrogen-bond donors (Lipinski definition) is 4. The molecule has 35 heavy (non-hydrogen) atoms. The van der Waals surface area contributed by atoms with Gasteiger partial charge in [-0.3, -0.25) is 19.8 Å². The Bertz CT molecular complexity index is 1360. The summed E-state index contributed by atoms with van der Waals surface area (Å²) in [6.45, 7) is 2.41. The number of nitrogens with one attached hydrogen (secondary N) is 2. The predicted octanol–water partition coefficient (Wildman–Crippen LogP) is 3.52. The van der Waals surface area contributed by atoms with Gasteiger partial charge in [-0.05, 0) is 66.5 Å². The second-order valence-corrected chi connectivity index (χ2v) is 8.45. The van der Waals surface area contributed by atoms with Crippen molar-refractivity contribution in [1.29, 1.82) is 0 Å². The molecule has 3 aromatic rings. The summed E-state index contributed by atoms with van der Waals surface area (Å²) in [4.78, 5) is 41.2. The first kappa shape index (κ1) is 23.9. The molecule has 0 bridgehead atoms. The predicted molar refractivity (Wildman–Crippen MR) is 135 cm³/mol. The van der Waals surface area contributed by atoms with Gasteiger partial charge in [0.15, 0.2) is 5.11 Å². The number of carbonyl (C=O) groups is 3. The Kier molecular flexibility index (Phi) is 6.79. The van der Waals surface area contributed by atoms with E-state index in [1.165, 1.54) is 28.7 Å². The van der Waals surface area contributed by atoms with Crippen molar-refractivity contribution in [2.45, 2.75) is 19.8 Å². The molecule has 1 saturated heterocycles. The minimum Gasteiger partial charge on any atom is -0.507 e. The van der Waals surface area contributed by atoms with Crippen LogP contribution in [0.1, 0.15) is 34.1 Å². The fourth-order valence-corrected chi connectivity index (χ4v) is 4.05. The van der Waals surface area contributed by atoms with Gasteiger partial charge < -0.3 is 15.2 Å². The molecule has 2 aromatic carbocycles. The summed E-state index contributed by atoms with van der Waals surface area (Å²) in [5.74, 6) is -2.65. The number of carboxylic acids is 1. The van der Waals surface area contributed by atoms with Gasteiger partial charge in [0.05, 0.1) is 0 Å². The number of rotatable bonds is 7. The van der Waals surface area contributed by atoms with E-state index in [1.807, 2.05) is 12.1 Å². The summed E-state index contributed by atoms with van der Waals surface area (Å²) < 4.78 is 0. The highest BCUT2D eigenvalue weighted by Gasteiger charge is 2.33. The van der Waals surface area contributed by atoms with E-state index in [2.05, 4.69) is 29.4 Å². The standard InChI is InChI=1S/C26H23N3O5S/c1-2-15-3-5-16(6-4-15)11-12-29-24(32)20(23(31)28-26(29)35)14-18-8-10-21(27-18)17-7-9-19(25(33)34)22(30)13-17/h3-10,13-14,27,30H,2,11-12H2,1H3,(H,33,34)(H,28,31,35)/b20-14+. The average Bonchev–Trinajstić information content (AvgIpc) is 3.30. The van der Waals surface area contributed by atoms with Crippen LogP contribution in [-0.2, 0) is 22.4 Å². The number of carboxylic acid groups (broad SMARTS) is 1. The maximum absolute atomic E-state index is 13.1. The van der Waals surface area contributed by atoms with Crippen molar-refractivity contribution < 1.29 is 24.6 Å². The van der Waals surface area contributed by atoms with Crippen LogP contribution in [0.25, 0.3) is 17.3 Å². The van der Waals surface area contributed by atoms with Crippen molar-refractivity contribution in [1.82, 2.24) is 15.2 Å². The number of aromatic amines is 1. The third-order valence-electron chi connectivity index (χ3n) is 5.79. The van der Waals surface area contributed by atoms with Crippen molar-refractivity contribution in [3.8, 4) is 17.0 Å². The largest absolute Gasteiger partial charge is 0.507 e. The fourth-order valence-electron chi connectivity index (χ4n) is 3.78. The van der Waals surface area contributed by atoms with Gasteiger partial charge in [-0.25, -0.2) is 4.79 Å². The smallest absolute Gasteiger partial charge is 0.339 e. The SMILES string of the molecule is CCc1ccc(CCN2C(=O)/C(=C/c3ccc(-c4ccc(C(=O)O)c(O)c4)[nH]3)C(=O)NC2=S)cc1. The Hall–Kier alpha value is -4.24. The lowest BCUT2D eigenvalue weighted by Crippen LogP contribution is -2.54. The van der Waals surface area contributed by atoms with Gasteiger partial charge in [0, 0.05) is 23.5 Å². The molecule has 0 unspecified atom stereocenters. The molecule has 2 heterocycles. The van der Waals surface area contributed by atoms with Crippen LogP contribution >= 0.6 is 12.2 Å². The fraction of sp³-hybridized carbons (Fsp3) is 0.154. The van der Waals surface area contributed by atoms with E-state index in [4.69, 9.17) is 17.3 Å². The highest BCUT2D eigenvalue weighted by atomic mass is 32.1. The molecule has 4 rings (SSSR count). The first-order chi connectivity index (χ1) is 16.8. The average molecular weight is 490 g/mol. The van der Waals surface area contributed by atoms with Crippen molar-refractivity contribution in [3.63, 3.8) is 0 Å². The topological polar surface area (TPSA) is 123 Å². The zero-order valence-corrected chi connectivity index (χ0v) is 19.7. The molecule has 2 amide bonds. The summed E-state index contributed by atoms with van der Waals surface area (Å²) in [6, 6.07) is 15.7. The number of amides is 2. The molecule has 0 aliphatic carbocycles. The Morgan fingerprint density at radius 2 is 1.77 bits per heavy atom. The molecule has 1 aliphatic heterocycles. The molecule has 0 saturated carbocycles. The van der Waals surface area contributed by atoms with Gasteiger partial charge in [-0.1, -0.05) is 37.3 Å². The Morgan fingerprint density at radius 1 is 1.06 bits per heavy atom. The number of benzene rings is 2. The number of carbonyl (C=O) groups excluding carboxylic acids is 2. The lowest BCUT2D eigenvalue weighted by molar-refractivity contribution is -0.128. The van der Waals surface area contributed by atoms with Crippen LogP contribution in [0, 0.1) is 0 Å². The van der Waals surface area contributed by atoms with Crippen LogP contribution in [0.4, 0.5) is 0 Å². The molecule has 9 heteroatoms. The van der Waals surface area contributed by atoms with Crippen molar-refractivity contribution in [2.24, 2.45) is 0 Å². The Morgan fingerprint density at radius 3 is 2.43 bits per heavy atom. The first-order valence-corrected chi connectivity index (χ1v) is 11.4. The molecule has 1 aliphatic rings. The summed E-state index contributed by atoms with van der Waals surface area (Å²) in [6.07, 6.45) is 2.98. The maximum atomic E-state index is 13.1. The number of phenols is 1. The van der Waals surface area contributed by atoms with Gasteiger partial charge in [-0.2, -0.15) is 0 Å². The van der Waals surface area contributed by atoms with Crippen LogP contribution in [0.15, 0.2) is 60.2 Å². The number of thiocarbonyl (C=S) groups is 1. The van der Waals surface area contributed by atoms with Crippen LogP contribution < -0.4 is 5.32 Å². The van der Waals surface area contributed by atoms with Crippen molar-refractivity contribution >= 4 is 41.2 Å². The summed E-state index contributed by atoms with van der Waals surface area (Å²) in [5, 5.41) is 21.7. The minimum atomic E-state index is -1.23. The zero-order chi connectivity index (χ0) is 25.1. The van der Waals surface area contributed by atoms with Crippen LogP contribution in [-0.4, -0.2) is 49.5 Å². The molecular formula is C26H23N3O5S. The van der Waals surface area contributed by atoms with E-state index in [0.717, 1.165) is 12.0 Å². The highest BCUT2D eigenvalue weighted by Crippen LogP contribution is 2.27. The molecule has 0 atom stereocenters. The molecule has 0 spiro atoms. The summed E-state index contributed by atoms with van der Waals surface area (Å²) in [5.41, 5.74) is 3.65. The molecule has 4 N–H and O–H groups in total. The highest BCUT2D eigenvalue weighted by molar-refractivity contribution is 7.80. The molecular weight excluding hydrogens is 466 g/mol. The van der Waals surface area contributed by atoms with E-state index >= 15 is 0 Å². The van der Waals surface area contributed by atoms with E-state index < -0.39 is 17.8 Å². The van der Waals surface area contributed by atoms with Gasteiger partial charge >= 0.3 is 5.97 Å². The first-order valence-electron chi connectivity index (χ1n) is 11.0. The number of hydrogen-bond acceptors (Lipinski definition) is 5. The lowest BCUT2D eigenvalue weighted by Gasteiger charge is -2.28. The number of aromatic hydroxyl groups is 1. The van der Waals surface area contributed by atoms with Crippen LogP contribution in [0.5, 0.6) is 5.75 Å². The monoisotopic (exact) mass is 489 g/mol. The van der Waals surface area contributed by atoms with E-state index in [9.17, 15) is 19.5 Å². The van der Waals surface area contributed by atoms with Crippen LogP contribution in [0.2, 0.25) is 0 Å². The van der Waals surface area contributed by atoms with Gasteiger partial charge in [0.1, 0.15) is 16.9 Å². The van der Waals surface area contributed by atoms with Crippen molar-refractivity contribution in [2.75, 3.05) is 6.54 Å². The molecule has 8 nitrogen and oxygen atoms in total. The van der Waals surface area contributed by atoms with Gasteiger partial charge in [0.25, 0.3) is 11.8 Å². The number of H-pyrrole nitrogens is 1. The zero-order valence-electron chi connectivity index (χ0n) is 18.9. The Labute approximate surface area is 206 Å². The number of aromatic carboxylic acids is 1. The third-order valence-corrected chi connectivity index (χ3v) is 6.11. The van der Waals surface area contributed by atoms with Crippen molar-refractivity contribution in [3.05, 3.63) is 82.6 Å².